The van der Waals surface area contributed by atoms with Gasteiger partial charge in [0.2, 0.25) is 5.95 Å². The van der Waals surface area contributed by atoms with E-state index in [1.165, 1.54) is 6.20 Å². The molecule has 2 bridgehead atoms. The summed E-state index contributed by atoms with van der Waals surface area (Å²) >= 11 is 0. The summed E-state index contributed by atoms with van der Waals surface area (Å²) < 4.78 is 33.1. The van der Waals surface area contributed by atoms with Crippen LogP contribution >= 0.6 is 0 Å². The van der Waals surface area contributed by atoms with Gasteiger partial charge in [0.15, 0.2) is 23.1 Å². The second kappa shape index (κ2) is 11.1. The number of nitrogens with zero attached hydrogens (tertiary/aromatic N) is 2. The summed E-state index contributed by atoms with van der Waals surface area (Å²) in [6, 6.07) is 8.64. The maximum absolute atomic E-state index is 12.7. The van der Waals surface area contributed by atoms with E-state index in [1.54, 1.807) is 44.2 Å². The zero-order chi connectivity index (χ0) is 26.5. The number of rotatable bonds is 8. The lowest BCUT2D eigenvalue weighted by Gasteiger charge is -2.19. The van der Waals surface area contributed by atoms with Crippen LogP contribution in [-0.2, 0) is 9.47 Å². The van der Waals surface area contributed by atoms with Crippen LogP contribution in [0.5, 0.6) is 23.0 Å². The molecule has 1 aromatic heterocycles. The lowest BCUT2D eigenvalue weighted by Crippen LogP contribution is -2.15. The molecule has 12 nitrogen and oxygen atoms in total. The first-order valence-electron chi connectivity index (χ1n) is 12.1. The van der Waals surface area contributed by atoms with Gasteiger partial charge in [-0.05, 0) is 38.1 Å². The second-order valence-corrected chi connectivity index (χ2v) is 8.02. The lowest BCUT2D eigenvalue weighted by atomic mass is 10.1. The second-order valence-electron chi connectivity index (χ2n) is 8.02. The number of carbonyl (C=O) groups is 2. The summed E-state index contributed by atoms with van der Waals surface area (Å²) in [5, 5.41) is 6.22. The van der Waals surface area contributed by atoms with Crippen LogP contribution in [-0.4, -0.2) is 61.5 Å². The molecule has 12 heteroatoms. The Kier molecular flexibility index (Phi) is 7.29. The van der Waals surface area contributed by atoms with Crippen molar-refractivity contribution in [1.29, 1.82) is 0 Å². The molecule has 2 aliphatic heterocycles. The molecule has 5 rings (SSSR count). The molecule has 2 aliphatic rings. The molecule has 3 aromatic rings. The van der Waals surface area contributed by atoms with Gasteiger partial charge in [-0.1, -0.05) is 0 Å². The normalized spacial score (nSPS) is 13.3. The molecule has 38 heavy (non-hydrogen) atoms. The highest BCUT2D eigenvalue weighted by atomic mass is 16.6. The SMILES string of the molecule is CCOC(=O)c1cnc(Nc2ccc3c(C(=O)OCC)c2OCCO3)nc1Nc1ccc2c(c1)OCCO2. The van der Waals surface area contributed by atoms with Crippen LogP contribution in [0.3, 0.4) is 0 Å². The Morgan fingerprint density at radius 2 is 1.53 bits per heavy atom. The van der Waals surface area contributed by atoms with Crippen LogP contribution in [0.1, 0.15) is 34.6 Å². The molecule has 0 saturated heterocycles. The van der Waals surface area contributed by atoms with Crippen molar-refractivity contribution in [2.45, 2.75) is 13.8 Å². The van der Waals surface area contributed by atoms with Crippen molar-refractivity contribution in [3.8, 4) is 23.0 Å². The average Bonchev–Trinajstić information content (AvgIpc) is 3.08. The van der Waals surface area contributed by atoms with Crippen molar-refractivity contribution in [3.05, 3.63) is 47.7 Å². The molecule has 0 atom stereocenters. The number of benzene rings is 2. The monoisotopic (exact) mass is 522 g/mol. The summed E-state index contributed by atoms with van der Waals surface area (Å²) in [6.07, 6.45) is 1.36. The highest BCUT2D eigenvalue weighted by Crippen LogP contribution is 2.39. The molecule has 0 radical (unpaired) electrons. The molecule has 0 amide bonds. The van der Waals surface area contributed by atoms with Gasteiger partial charge >= 0.3 is 11.9 Å². The van der Waals surface area contributed by atoms with E-state index in [1.807, 2.05) is 0 Å². The van der Waals surface area contributed by atoms with Gasteiger partial charge in [0.1, 0.15) is 43.3 Å². The summed E-state index contributed by atoms with van der Waals surface area (Å²) in [5.41, 5.74) is 1.35. The van der Waals surface area contributed by atoms with Crippen LogP contribution in [0.25, 0.3) is 0 Å². The maximum atomic E-state index is 12.7. The fourth-order valence-electron chi connectivity index (χ4n) is 3.90. The predicted molar refractivity (Wildman–Crippen MR) is 135 cm³/mol. The van der Waals surface area contributed by atoms with Crippen LogP contribution in [0.2, 0.25) is 0 Å². The zero-order valence-corrected chi connectivity index (χ0v) is 20.9. The van der Waals surface area contributed by atoms with Crippen molar-refractivity contribution >= 4 is 35.1 Å². The number of nitrogens with one attached hydrogen (secondary N) is 2. The van der Waals surface area contributed by atoms with E-state index >= 15 is 0 Å². The maximum Gasteiger partial charge on any atom is 0.345 e. The first-order chi connectivity index (χ1) is 18.6. The van der Waals surface area contributed by atoms with E-state index in [0.717, 1.165) is 0 Å². The molecular weight excluding hydrogens is 496 g/mol. The number of hydrogen-bond acceptors (Lipinski definition) is 12. The topological polar surface area (TPSA) is 139 Å². The number of hydrogen-bond donors (Lipinski definition) is 2. The van der Waals surface area contributed by atoms with Gasteiger partial charge in [0, 0.05) is 18.0 Å². The smallest absolute Gasteiger partial charge is 0.345 e. The molecule has 2 N–H and O–H groups in total. The molecule has 0 saturated carbocycles. The van der Waals surface area contributed by atoms with Crippen LogP contribution < -0.4 is 29.6 Å². The van der Waals surface area contributed by atoms with Gasteiger partial charge in [-0.15, -0.1) is 0 Å². The van der Waals surface area contributed by atoms with Crippen LogP contribution in [0.4, 0.5) is 23.1 Å². The van der Waals surface area contributed by atoms with Crippen LogP contribution in [0.15, 0.2) is 36.5 Å². The van der Waals surface area contributed by atoms with E-state index in [-0.39, 0.29) is 55.1 Å². The standard InChI is InChI=1S/C26H26N4O8/c1-3-33-24(31)16-14-27-26(30-23(16)28-15-5-7-18-20(13-15)37-10-9-35-18)29-17-6-8-19-21(25(32)34-4-2)22(17)38-12-11-36-19/h5-8,13-14H,3-4,9-12H2,1-2H3,(H2,27,28,29,30). The Morgan fingerprint density at radius 3 is 2.32 bits per heavy atom. The van der Waals surface area contributed by atoms with E-state index in [4.69, 9.17) is 28.4 Å². The minimum absolute atomic E-state index is 0.137. The Labute approximate surface area is 218 Å². The number of fused-ring (bicyclic) bond motifs is 3. The summed E-state index contributed by atoms with van der Waals surface area (Å²) in [4.78, 5) is 34.1. The minimum atomic E-state index is -0.583. The Morgan fingerprint density at radius 1 is 0.842 bits per heavy atom. The number of anilines is 4. The van der Waals surface area contributed by atoms with E-state index < -0.39 is 11.9 Å². The first kappa shape index (κ1) is 24.9. The van der Waals surface area contributed by atoms with Gasteiger partial charge in [0.05, 0.1) is 18.9 Å². The number of esters is 2. The molecule has 3 heterocycles. The highest BCUT2D eigenvalue weighted by Gasteiger charge is 2.27. The summed E-state index contributed by atoms with van der Waals surface area (Å²) in [5.74, 6) is 1.03. The number of aromatic nitrogens is 2. The predicted octanol–water partition coefficient (Wildman–Crippen LogP) is 3.86. The fourth-order valence-corrected chi connectivity index (χ4v) is 3.90. The lowest BCUT2D eigenvalue weighted by molar-refractivity contribution is 0.0513. The fraction of sp³-hybridized carbons (Fsp3) is 0.308. The Hall–Kier alpha value is -4.74. The molecule has 2 aromatic carbocycles. The van der Waals surface area contributed by atoms with Gasteiger partial charge in [-0.3, -0.25) is 0 Å². The Balaban J connectivity index is 1.49. The third-order valence-electron chi connectivity index (χ3n) is 5.52. The van der Waals surface area contributed by atoms with Gasteiger partial charge in [-0.2, -0.15) is 4.98 Å². The van der Waals surface area contributed by atoms with Crippen molar-refractivity contribution in [2.24, 2.45) is 0 Å². The number of carbonyl (C=O) groups excluding carboxylic acids is 2. The van der Waals surface area contributed by atoms with Crippen molar-refractivity contribution in [3.63, 3.8) is 0 Å². The van der Waals surface area contributed by atoms with Crippen molar-refractivity contribution in [2.75, 3.05) is 50.3 Å². The van der Waals surface area contributed by atoms with Crippen molar-refractivity contribution in [1.82, 2.24) is 9.97 Å². The molecular formula is C26H26N4O8. The third-order valence-corrected chi connectivity index (χ3v) is 5.52. The Bertz CT molecular complexity index is 1360. The van der Waals surface area contributed by atoms with Crippen LogP contribution in [0, 0.1) is 0 Å². The third kappa shape index (κ3) is 5.19. The van der Waals surface area contributed by atoms with Gasteiger partial charge in [0.25, 0.3) is 0 Å². The molecule has 0 spiro atoms. The minimum Gasteiger partial charge on any atom is -0.489 e. The summed E-state index contributed by atoms with van der Waals surface area (Å²) in [6.45, 7) is 5.23. The van der Waals surface area contributed by atoms with E-state index in [0.29, 0.717) is 41.8 Å². The average molecular weight is 523 g/mol. The molecule has 0 aliphatic carbocycles. The zero-order valence-electron chi connectivity index (χ0n) is 20.9. The molecule has 0 unspecified atom stereocenters. The van der Waals surface area contributed by atoms with E-state index in [9.17, 15) is 9.59 Å². The molecule has 198 valence electrons. The highest BCUT2D eigenvalue weighted by molar-refractivity contribution is 5.99. The molecule has 0 fully saturated rings. The van der Waals surface area contributed by atoms with Crippen molar-refractivity contribution < 1.29 is 38.0 Å². The largest absolute Gasteiger partial charge is 0.489 e. The van der Waals surface area contributed by atoms with Gasteiger partial charge in [-0.25, -0.2) is 14.6 Å². The van der Waals surface area contributed by atoms with E-state index in [2.05, 4.69) is 20.6 Å². The number of ether oxygens (including phenoxy) is 6. The quantitative estimate of drug-likeness (QED) is 0.415. The van der Waals surface area contributed by atoms with Gasteiger partial charge < -0.3 is 39.1 Å². The first-order valence-corrected chi connectivity index (χ1v) is 12.1. The summed E-state index contributed by atoms with van der Waals surface area (Å²) in [7, 11) is 0.